The molecule has 0 fully saturated rings. The van der Waals surface area contributed by atoms with Crippen molar-refractivity contribution in [1.82, 2.24) is 10.3 Å². The van der Waals surface area contributed by atoms with E-state index in [1.807, 2.05) is 73.7 Å². The number of halogens is 1. The lowest BCUT2D eigenvalue weighted by molar-refractivity contribution is 0.0978. The van der Waals surface area contributed by atoms with E-state index in [0.29, 0.717) is 33.3 Å². The van der Waals surface area contributed by atoms with Gasteiger partial charge in [0, 0.05) is 11.3 Å². The van der Waals surface area contributed by atoms with Gasteiger partial charge >= 0.3 is 0 Å². The monoisotopic (exact) mass is 497 g/mol. The van der Waals surface area contributed by atoms with Gasteiger partial charge in [0.1, 0.15) is 5.52 Å². The summed E-state index contributed by atoms with van der Waals surface area (Å²) >= 11 is 11.5. The quantitative estimate of drug-likeness (QED) is 0.256. The Bertz CT molecular complexity index is 1550. The lowest BCUT2D eigenvalue weighted by Crippen LogP contribution is -2.34. The van der Waals surface area contributed by atoms with E-state index in [1.54, 1.807) is 12.1 Å². The summed E-state index contributed by atoms with van der Waals surface area (Å²) in [6.07, 6.45) is 0. The van der Waals surface area contributed by atoms with Crippen LogP contribution in [0.3, 0.4) is 0 Å². The number of benzene rings is 4. The standard InChI is InChI=1S/C28H20ClN3O2S/c1-17-7-13-22(23(29)15-17)26(33)32-28(35)30-21-12-14-25-24(16-21)31-27(34-25)20-10-8-19(9-11-20)18-5-3-2-4-6-18/h2-16H,1H3,(H2,30,32,33,35). The Morgan fingerprint density at radius 1 is 0.886 bits per heavy atom. The maximum Gasteiger partial charge on any atom is 0.258 e. The maximum absolute atomic E-state index is 12.5. The molecule has 0 unspecified atom stereocenters. The average molecular weight is 498 g/mol. The summed E-state index contributed by atoms with van der Waals surface area (Å²) < 4.78 is 5.95. The number of fused-ring (bicyclic) bond motifs is 1. The topological polar surface area (TPSA) is 67.2 Å². The number of anilines is 1. The number of hydrogen-bond acceptors (Lipinski definition) is 4. The van der Waals surface area contributed by atoms with Crippen LogP contribution in [0, 0.1) is 6.92 Å². The number of nitrogens with one attached hydrogen (secondary N) is 2. The van der Waals surface area contributed by atoms with Gasteiger partial charge in [-0.05, 0) is 78.3 Å². The van der Waals surface area contributed by atoms with Gasteiger partial charge in [-0.15, -0.1) is 0 Å². The van der Waals surface area contributed by atoms with Crippen LogP contribution < -0.4 is 10.6 Å². The van der Waals surface area contributed by atoms with E-state index >= 15 is 0 Å². The van der Waals surface area contributed by atoms with Crippen molar-refractivity contribution in [3.63, 3.8) is 0 Å². The smallest absolute Gasteiger partial charge is 0.258 e. The first-order valence-electron chi connectivity index (χ1n) is 10.9. The Kier molecular flexibility index (Phi) is 6.31. The highest BCUT2D eigenvalue weighted by Gasteiger charge is 2.13. The fourth-order valence-electron chi connectivity index (χ4n) is 3.70. The normalized spacial score (nSPS) is 10.8. The van der Waals surface area contributed by atoms with Crippen LogP contribution in [0.1, 0.15) is 15.9 Å². The molecule has 5 nitrogen and oxygen atoms in total. The Morgan fingerprint density at radius 2 is 1.60 bits per heavy atom. The van der Waals surface area contributed by atoms with Gasteiger partial charge in [-0.3, -0.25) is 10.1 Å². The first kappa shape index (κ1) is 22.8. The number of aryl methyl sites for hydroxylation is 1. The van der Waals surface area contributed by atoms with Crippen molar-refractivity contribution in [3.8, 4) is 22.6 Å². The predicted molar refractivity (Wildman–Crippen MR) is 145 cm³/mol. The second-order valence-electron chi connectivity index (χ2n) is 8.04. The number of hydrogen-bond donors (Lipinski definition) is 2. The van der Waals surface area contributed by atoms with E-state index in [9.17, 15) is 4.79 Å². The Morgan fingerprint density at radius 3 is 2.34 bits per heavy atom. The molecule has 0 saturated heterocycles. The number of aromatic nitrogens is 1. The third-order valence-corrected chi connectivity index (χ3v) is 6.00. The summed E-state index contributed by atoms with van der Waals surface area (Å²) in [6, 6.07) is 28.9. The lowest BCUT2D eigenvalue weighted by Gasteiger charge is -2.10. The zero-order valence-corrected chi connectivity index (χ0v) is 20.3. The highest BCUT2D eigenvalue weighted by molar-refractivity contribution is 7.80. The van der Waals surface area contributed by atoms with Gasteiger partial charge < -0.3 is 9.73 Å². The SMILES string of the molecule is Cc1ccc(C(=O)NC(=S)Nc2ccc3oc(-c4ccc(-c5ccccc5)cc4)nc3c2)c(Cl)c1. The number of carbonyl (C=O) groups excluding carboxylic acids is 1. The van der Waals surface area contributed by atoms with Gasteiger partial charge in [-0.2, -0.15) is 0 Å². The second kappa shape index (κ2) is 9.70. The van der Waals surface area contributed by atoms with Gasteiger partial charge in [0.2, 0.25) is 5.89 Å². The number of nitrogens with zero attached hydrogens (tertiary/aromatic N) is 1. The highest BCUT2D eigenvalue weighted by atomic mass is 35.5. The Labute approximate surface area is 212 Å². The van der Waals surface area contributed by atoms with Crippen LogP contribution in [0.15, 0.2) is 95.4 Å². The summed E-state index contributed by atoms with van der Waals surface area (Å²) in [7, 11) is 0. The molecule has 0 bridgehead atoms. The van der Waals surface area contributed by atoms with Crippen molar-refractivity contribution in [1.29, 1.82) is 0 Å². The number of oxazole rings is 1. The van der Waals surface area contributed by atoms with E-state index < -0.39 is 0 Å². The molecule has 2 N–H and O–H groups in total. The van der Waals surface area contributed by atoms with Gasteiger partial charge in [-0.1, -0.05) is 60.1 Å². The van der Waals surface area contributed by atoms with Crippen LogP contribution in [-0.2, 0) is 0 Å². The Balaban J connectivity index is 1.29. The second-order valence-corrected chi connectivity index (χ2v) is 8.85. The number of thiocarbonyl (C=S) groups is 1. The summed E-state index contributed by atoms with van der Waals surface area (Å²) in [6.45, 7) is 1.91. The predicted octanol–water partition coefficient (Wildman–Crippen LogP) is 7.25. The van der Waals surface area contributed by atoms with Crippen molar-refractivity contribution in [3.05, 3.63) is 107 Å². The molecule has 1 aromatic heterocycles. The van der Waals surface area contributed by atoms with Crippen LogP contribution in [0.2, 0.25) is 5.02 Å². The van der Waals surface area contributed by atoms with Crippen LogP contribution in [0.5, 0.6) is 0 Å². The van der Waals surface area contributed by atoms with Gasteiger partial charge in [0.25, 0.3) is 5.91 Å². The number of amides is 1. The molecular weight excluding hydrogens is 478 g/mol. The molecule has 0 aliphatic heterocycles. The minimum absolute atomic E-state index is 0.159. The molecule has 0 radical (unpaired) electrons. The molecule has 0 atom stereocenters. The minimum Gasteiger partial charge on any atom is -0.436 e. The van der Waals surface area contributed by atoms with E-state index in [0.717, 1.165) is 22.3 Å². The van der Waals surface area contributed by atoms with Crippen molar-refractivity contribution in [2.75, 3.05) is 5.32 Å². The third-order valence-electron chi connectivity index (χ3n) is 5.48. The molecule has 0 aliphatic carbocycles. The molecular formula is C28H20ClN3O2S. The van der Waals surface area contributed by atoms with Gasteiger partial charge in [-0.25, -0.2) is 4.98 Å². The third kappa shape index (κ3) is 5.09. The molecule has 5 rings (SSSR count). The molecule has 7 heteroatoms. The van der Waals surface area contributed by atoms with E-state index in [4.69, 9.17) is 28.2 Å². The van der Waals surface area contributed by atoms with Gasteiger partial charge in [0.15, 0.2) is 10.7 Å². The van der Waals surface area contributed by atoms with Crippen molar-refractivity contribution < 1.29 is 9.21 Å². The summed E-state index contributed by atoms with van der Waals surface area (Å²) in [5, 5.41) is 6.20. The first-order valence-corrected chi connectivity index (χ1v) is 11.7. The van der Waals surface area contributed by atoms with Crippen molar-refractivity contribution in [2.45, 2.75) is 6.92 Å². The zero-order valence-electron chi connectivity index (χ0n) is 18.7. The zero-order chi connectivity index (χ0) is 24.4. The highest BCUT2D eigenvalue weighted by Crippen LogP contribution is 2.28. The minimum atomic E-state index is -0.378. The molecule has 172 valence electrons. The molecule has 0 saturated carbocycles. The number of rotatable bonds is 4. The molecule has 1 heterocycles. The summed E-state index contributed by atoms with van der Waals surface area (Å²) in [5.41, 5.74) is 6.49. The van der Waals surface area contributed by atoms with Crippen LogP contribution in [0.4, 0.5) is 5.69 Å². The van der Waals surface area contributed by atoms with Crippen LogP contribution >= 0.6 is 23.8 Å². The fourth-order valence-corrected chi connectivity index (χ4v) is 4.23. The van der Waals surface area contributed by atoms with E-state index in [2.05, 4.69) is 27.8 Å². The van der Waals surface area contributed by atoms with Gasteiger partial charge in [0.05, 0.1) is 10.6 Å². The first-order chi connectivity index (χ1) is 17.0. The summed E-state index contributed by atoms with van der Waals surface area (Å²) in [5.74, 6) is 0.151. The molecule has 0 aliphatic rings. The largest absolute Gasteiger partial charge is 0.436 e. The van der Waals surface area contributed by atoms with Crippen molar-refractivity contribution >= 4 is 51.6 Å². The maximum atomic E-state index is 12.5. The van der Waals surface area contributed by atoms with E-state index in [1.165, 1.54) is 0 Å². The van der Waals surface area contributed by atoms with Crippen LogP contribution in [-0.4, -0.2) is 16.0 Å². The molecule has 35 heavy (non-hydrogen) atoms. The molecule has 5 aromatic rings. The van der Waals surface area contributed by atoms with E-state index in [-0.39, 0.29) is 11.0 Å². The lowest BCUT2D eigenvalue weighted by atomic mass is 10.0. The molecule has 0 spiro atoms. The molecule has 4 aromatic carbocycles. The number of carbonyl (C=O) groups is 1. The Hall–Kier alpha value is -4.00. The van der Waals surface area contributed by atoms with Crippen LogP contribution in [0.25, 0.3) is 33.7 Å². The fraction of sp³-hybridized carbons (Fsp3) is 0.0357. The summed E-state index contributed by atoms with van der Waals surface area (Å²) in [4.78, 5) is 17.1. The molecule has 1 amide bonds. The van der Waals surface area contributed by atoms with Crippen molar-refractivity contribution in [2.24, 2.45) is 0 Å². The average Bonchev–Trinajstić information content (AvgIpc) is 3.28.